The van der Waals surface area contributed by atoms with Crippen molar-refractivity contribution in [1.29, 1.82) is 0 Å². The van der Waals surface area contributed by atoms with Gasteiger partial charge in [0.05, 0.1) is 16.7 Å². The van der Waals surface area contributed by atoms with Crippen LogP contribution in [0.3, 0.4) is 0 Å². The zero-order chi connectivity index (χ0) is 15.6. The lowest BCUT2D eigenvalue weighted by atomic mass is 10.2. The predicted molar refractivity (Wildman–Crippen MR) is 79.6 cm³/mol. The largest absolute Gasteiger partial charge is 0.392 e. The van der Waals surface area contributed by atoms with Gasteiger partial charge in [-0.3, -0.25) is 4.72 Å². The third-order valence-electron chi connectivity index (χ3n) is 2.67. The van der Waals surface area contributed by atoms with Gasteiger partial charge >= 0.3 is 0 Å². The van der Waals surface area contributed by atoms with Gasteiger partial charge in [0.25, 0.3) is 10.0 Å². The Morgan fingerprint density at radius 1 is 1.14 bits per heavy atom. The summed E-state index contributed by atoms with van der Waals surface area (Å²) < 4.78 is 40.3. The second-order valence-electron chi connectivity index (χ2n) is 4.13. The molecule has 0 atom stereocenters. The third-order valence-corrected chi connectivity index (χ3v) is 4.81. The standard InChI is InChI=1S/C13H10Cl2FNO3S/c14-9-5-4-8(7-18)6-12(9)21(19,20)17-13-10(15)2-1-3-11(13)16/h1-6,17-18H,7H2. The molecule has 2 rings (SSSR count). The number of rotatable bonds is 4. The van der Waals surface area contributed by atoms with Gasteiger partial charge in [-0.05, 0) is 29.8 Å². The van der Waals surface area contributed by atoms with Crippen LogP contribution in [0.1, 0.15) is 5.56 Å². The zero-order valence-electron chi connectivity index (χ0n) is 10.5. The minimum atomic E-state index is -4.14. The van der Waals surface area contributed by atoms with Crippen LogP contribution in [0.15, 0.2) is 41.3 Å². The SMILES string of the molecule is O=S(=O)(Nc1c(F)cccc1Cl)c1cc(CO)ccc1Cl. The quantitative estimate of drug-likeness (QED) is 0.888. The molecular formula is C13H10Cl2FNO3S. The van der Waals surface area contributed by atoms with Crippen LogP contribution in [0.4, 0.5) is 10.1 Å². The molecule has 0 aliphatic heterocycles. The topological polar surface area (TPSA) is 66.4 Å². The van der Waals surface area contributed by atoms with Crippen LogP contribution in [0, 0.1) is 5.82 Å². The van der Waals surface area contributed by atoms with Crippen LogP contribution in [0.25, 0.3) is 0 Å². The monoisotopic (exact) mass is 349 g/mol. The number of nitrogens with one attached hydrogen (secondary N) is 1. The van der Waals surface area contributed by atoms with E-state index >= 15 is 0 Å². The molecule has 0 aliphatic carbocycles. The van der Waals surface area contributed by atoms with Crippen molar-refractivity contribution in [3.63, 3.8) is 0 Å². The highest BCUT2D eigenvalue weighted by Crippen LogP contribution is 2.30. The molecule has 112 valence electrons. The average Bonchev–Trinajstić information content (AvgIpc) is 2.43. The predicted octanol–water partition coefficient (Wildman–Crippen LogP) is 3.43. The Bertz CT molecular complexity index is 761. The molecule has 0 aromatic heterocycles. The van der Waals surface area contributed by atoms with Crippen LogP contribution in [0.2, 0.25) is 10.0 Å². The first kappa shape index (κ1) is 16.0. The maximum atomic E-state index is 13.7. The number of anilines is 1. The minimum absolute atomic E-state index is 0.0489. The Labute approximate surface area is 131 Å². The second-order valence-corrected chi connectivity index (χ2v) is 6.59. The molecule has 0 aliphatic rings. The lowest BCUT2D eigenvalue weighted by Gasteiger charge is -2.12. The van der Waals surface area contributed by atoms with Crippen LogP contribution in [0.5, 0.6) is 0 Å². The Hall–Kier alpha value is -1.34. The van der Waals surface area contributed by atoms with Gasteiger partial charge in [-0.1, -0.05) is 35.3 Å². The van der Waals surface area contributed by atoms with Crippen molar-refractivity contribution >= 4 is 38.9 Å². The highest BCUT2D eigenvalue weighted by Gasteiger charge is 2.21. The summed E-state index contributed by atoms with van der Waals surface area (Å²) in [6.45, 7) is -0.347. The lowest BCUT2D eigenvalue weighted by molar-refractivity contribution is 0.281. The maximum absolute atomic E-state index is 13.7. The van der Waals surface area contributed by atoms with Gasteiger partial charge in [-0.25, -0.2) is 12.8 Å². The summed E-state index contributed by atoms with van der Waals surface area (Å²) in [7, 11) is -4.14. The zero-order valence-corrected chi connectivity index (χ0v) is 12.8. The molecule has 2 N–H and O–H groups in total. The minimum Gasteiger partial charge on any atom is -0.392 e. The average molecular weight is 350 g/mol. The number of halogens is 3. The van der Waals surface area contributed by atoms with Crippen LogP contribution < -0.4 is 4.72 Å². The second kappa shape index (κ2) is 6.19. The van der Waals surface area contributed by atoms with E-state index in [0.717, 1.165) is 6.07 Å². The summed E-state index contributed by atoms with van der Waals surface area (Å²) in [6, 6.07) is 7.82. The highest BCUT2D eigenvalue weighted by molar-refractivity contribution is 7.92. The first-order valence-corrected chi connectivity index (χ1v) is 7.95. The summed E-state index contributed by atoms with van der Waals surface area (Å²) in [5.41, 5.74) is 0.00374. The van der Waals surface area contributed by atoms with Gasteiger partial charge in [0.1, 0.15) is 16.4 Å². The number of para-hydroxylation sites is 1. The van der Waals surface area contributed by atoms with Crippen molar-refractivity contribution in [2.45, 2.75) is 11.5 Å². The van der Waals surface area contributed by atoms with E-state index in [1.165, 1.54) is 30.3 Å². The smallest absolute Gasteiger partial charge is 0.263 e. The number of sulfonamides is 1. The fourth-order valence-electron chi connectivity index (χ4n) is 1.64. The van der Waals surface area contributed by atoms with E-state index in [9.17, 15) is 12.8 Å². The fraction of sp³-hybridized carbons (Fsp3) is 0.0769. The molecular weight excluding hydrogens is 340 g/mol. The fourth-order valence-corrected chi connectivity index (χ4v) is 3.54. The molecule has 8 heteroatoms. The van der Waals surface area contributed by atoms with Gasteiger partial charge in [0.15, 0.2) is 0 Å². The molecule has 0 saturated carbocycles. The van der Waals surface area contributed by atoms with Crippen molar-refractivity contribution in [1.82, 2.24) is 0 Å². The molecule has 0 amide bonds. The molecule has 0 bridgehead atoms. The number of aliphatic hydroxyl groups excluding tert-OH is 1. The molecule has 0 spiro atoms. The number of hydrogen-bond acceptors (Lipinski definition) is 3. The summed E-state index contributed by atoms with van der Waals surface area (Å²) in [5.74, 6) is -0.805. The number of benzene rings is 2. The van der Waals surface area contributed by atoms with Gasteiger partial charge in [-0.2, -0.15) is 0 Å². The molecule has 2 aromatic rings. The first-order valence-electron chi connectivity index (χ1n) is 5.71. The van der Waals surface area contributed by atoms with Gasteiger partial charge < -0.3 is 5.11 Å². The van der Waals surface area contributed by atoms with Crippen LogP contribution in [-0.2, 0) is 16.6 Å². The summed E-state index contributed by atoms with van der Waals surface area (Å²) in [5, 5.41) is 8.93. The van der Waals surface area contributed by atoms with Gasteiger partial charge in [0, 0.05) is 0 Å². The lowest BCUT2D eigenvalue weighted by Crippen LogP contribution is -2.15. The van der Waals surface area contributed by atoms with Crippen molar-refractivity contribution in [3.05, 3.63) is 57.8 Å². The molecule has 0 saturated heterocycles. The molecule has 0 heterocycles. The van der Waals surface area contributed by atoms with Crippen LogP contribution in [-0.4, -0.2) is 13.5 Å². The summed E-state index contributed by atoms with van der Waals surface area (Å²) >= 11 is 11.6. The summed E-state index contributed by atoms with van der Waals surface area (Å²) in [4.78, 5) is -0.268. The number of hydrogen-bond donors (Lipinski definition) is 2. The number of aliphatic hydroxyl groups is 1. The van der Waals surface area contributed by atoms with E-state index in [4.69, 9.17) is 28.3 Å². The molecule has 0 unspecified atom stereocenters. The molecule has 2 aromatic carbocycles. The van der Waals surface area contributed by atoms with Crippen molar-refractivity contribution in [2.24, 2.45) is 0 Å². The van der Waals surface area contributed by atoms with E-state index in [2.05, 4.69) is 4.72 Å². The van der Waals surface area contributed by atoms with Crippen molar-refractivity contribution in [3.8, 4) is 0 Å². The van der Waals surface area contributed by atoms with Crippen molar-refractivity contribution in [2.75, 3.05) is 4.72 Å². The van der Waals surface area contributed by atoms with Crippen molar-refractivity contribution < 1.29 is 17.9 Å². The van der Waals surface area contributed by atoms with Gasteiger partial charge in [0.2, 0.25) is 0 Å². The third kappa shape index (κ3) is 3.47. The Morgan fingerprint density at radius 3 is 2.48 bits per heavy atom. The van der Waals surface area contributed by atoms with Gasteiger partial charge in [-0.15, -0.1) is 0 Å². The van der Waals surface area contributed by atoms with E-state index in [0.29, 0.717) is 5.56 Å². The Kier molecular flexibility index (Phi) is 4.73. The molecule has 4 nitrogen and oxygen atoms in total. The normalized spacial score (nSPS) is 11.4. The highest BCUT2D eigenvalue weighted by atomic mass is 35.5. The molecule has 0 fully saturated rings. The molecule has 0 radical (unpaired) electrons. The first-order chi connectivity index (χ1) is 9.85. The van der Waals surface area contributed by atoms with E-state index in [1.54, 1.807) is 0 Å². The summed E-state index contributed by atoms with van der Waals surface area (Å²) in [6.07, 6.45) is 0. The molecule has 21 heavy (non-hydrogen) atoms. The van der Waals surface area contributed by atoms with E-state index in [1.807, 2.05) is 0 Å². The van der Waals surface area contributed by atoms with Crippen LogP contribution >= 0.6 is 23.2 Å². The maximum Gasteiger partial charge on any atom is 0.263 e. The van der Waals surface area contributed by atoms with E-state index < -0.39 is 15.8 Å². The Balaban J connectivity index is 2.48. The van der Waals surface area contributed by atoms with E-state index in [-0.39, 0.29) is 27.2 Å². The Morgan fingerprint density at radius 2 is 1.86 bits per heavy atom.